The van der Waals surface area contributed by atoms with Crippen molar-refractivity contribution in [2.75, 3.05) is 12.0 Å². The lowest BCUT2D eigenvalue weighted by Crippen LogP contribution is -2.02. The normalized spacial score (nSPS) is 10.1. The van der Waals surface area contributed by atoms with Gasteiger partial charge in [0.1, 0.15) is 16.7 Å². The summed E-state index contributed by atoms with van der Waals surface area (Å²) in [6.45, 7) is 0. The van der Waals surface area contributed by atoms with Gasteiger partial charge in [-0.25, -0.2) is 9.97 Å². The van der Waals surface area contributed by atoms with Crippen LogP contribution in [0.5, 0.6) is 0 Å². The fourth-order valence-corrected chi connectivity index (χ4v) is 2.31. The Morgan fingerprint density at radius 1 is 1.33 bits per heavy atom. The Kier molecular flexibility index (Phi) is 3.70. The molecule has 0 unspecified atom stereocenters. The standard InChI is InChI=1S/C12H9ClN4S/c1-18-11-8(6-14)10(16-12(15)17-11)7-4-2-3-5-9(7)13/h2-5H,1H3,(H2,15,16,17). The minimum absolute atomic E-state index is 0.133. The molecule has 0 aliphatic rings. The molecule has 1 aromatic heterocycles. The lowest BCUT2D eigenvalue weighted by Gasteiger charge is -2.08. The average molecular weight is 277 g/mol. The van der Waals surface area contributed by atoms with Gasteiger partial charge in [0.2, 0.25) is 5.95 Å². The van der Waals surface area contributed by atoms with Gasteiger partial charge in [-0.15, -0.1) is 11.8 Å². The van der Waals surface area contributed by atoms with Gasteiger partial charge in [0.15, 0.2) is 0 Å². The van der Waals surface area contributed by atoms with Crippen molar-refractivity contribution < 1.29 is 0 Å². The summed E-state index contributed by atoms with van der Waals surface area (Å²) in [4.78, 5) is 8.17. The maximum atomic E-state index is 9.25. The van der Waals surface area contributed by atoms with Crippen LogP contribution in [-0.4, -0.2) is 16.2 Å². The summed E-state index contributed by atoms with van der Waals surface area (Å²) in [5.41, 5.74) is 7.20. The minimum Gasteiger partial charge on any atom is -0.368 e. The van der Waals surface area contributed by atoms with Crippen LogP contribution in [0.3, 0.4) is 0 Å². The molecule has 1 aromatic carbocycles. The molecule has 0 fully saturated rings. The van der Waals surface area contributed by atoms with Crippen LogP contribution in [0.4, 0.5) is 5.95 Å². The van der Waals surface area contributed by atoms with Crippen molar-refractivity contribution >= 4 is 29.3 Å². The number of hydrogen-bond donors (Lipinski definition) is 1. The number of aromatic nitrogens is 2. The van der Waals surface area contributed by atoms with E-state index < -0.39 is 0 Å². The van der Waals surface area contributed by atoms with Crippen molar-refractivity contribution in [3.05, 3.63) is 34.9 Å². The zero-order valence-corrected chi connectivity index (χ0v) is 11.1. The molecule has 0 aliphatic carbocycles. The Morgan fingerprint density at radius 2 is 2.06 bits per heavy atom. The molecule has 1 heterocycles. The van der Waals surface area contributed by atoms with E-state index in [-0.39, 0.29) is 5.95 Å². The van der Waals surface area contributed by atoms with Crippen molar-refractivity contribution in [1.82, 2.24) is 9.97 Å². The van der Waals surface area contributed by atoms with Gasteiger partial charge in [-0.3, -0.25) is 0 Å². The van der Waals surface area contributed by atoms with E-state index in [0.29, 0.717) is 26.9 Å². The van der Waals surface area contributed by atoms with Gasteiger partial charge >= 0.3 is 0 Å². The van der Waals surface area contributed by atoms with Crippen LogP contribution in [0.2, 0.25) is 5.02 Å². The van der Waals surface area contributed by atoms with Gasteiger partial charge < -0.3 is 5.73 Å². The van der Waals surface area contributed by atoms with Gasteiger partial charge in [0.25, 0.3) is 0 Å². The van der Waals surface area contributed by atoms with Gasteiger partial charge in [-0.1, -0.05) is 29.8 Å². The van der Waals surface area contributed by atoms with E-state index in [1.807, 2.05) is 18.4 Å². The fourth-order valence-electron chi connectivity index (χ4n) is 1.55. The van der Waals surface area contributed by atoms with E-state index in [0.717, 1.165) is 0 Å². The second kappa shape index (κ2) is 5.25. The molecule has 0 bridgehead atoms. The third-order valence-electron chi connectivity index (χ3n) is 2.33. The molecular weight excluding hydrogens is 268 g/mol. The molecule has 2 aromatic rings. The van der Waals surface area contributed by atoms with Crippen LogP contribution in [0.15, 0.2) is 29.3 Å². The van der Waals surface area contributed by atoms with E-state index in [2.05, 4.69) is 16.0 Å². The lowest BCUT2D eigenvalue weighted by atomic mass is 10.1. The van der Waals surface area contributed by atoms with Crippen molar-refractivity contribution in [2.24, 2.45) is 0 Å². The second-order valence-electron chi connectivity index (χ2n) is 3.41. The van der Waals surface area contributed by atoms with E-state index in [1.54, 1.807) is 12.1 Å². The third-order valence-corrected chi connectivity index (χ3v) is 3.34. The summed E-state index contributed by atoms with van der Waals surface area (Å²) < 4.78 is 0. The maximum absolute atomic E-state index is 9.25. The van der Waals surface area contributed by atoms with Gasteiger partial charge in [-0.05, 0) is 12.3 Å². The number of hydrogen-bond acceptors (Lipinski definition) is 5. The molecule has 2 rings (SSSR count). The summed E-state index contributed by atoms with van der Waals surface area (Å²) in [6, 6.07) is 9.30. The summed E-state index contributed by atoms with van der Waals surface area (Å²) in [5, 5.41) is 10.3. The largest absolute Gasteiger partial charge is 0.368 e. The monoisotopic (exact) mass is 276 g/mol. The first-order valence-electron chi connectivity index (χ1n) is 5.04. The molecule has 6 heteroatoms. The summed E-state index contributed by atoms with van der Waals surface area (Å²) >= 11 is 7.47. The number of nitrogens with zero attached hydrogens (tertiary/aromatic N) is 3. The molecule has 0 spiro atoms. The van der Waals surface area contributed by atoms with Gasteiger partial charge in [0, 0.05) is 5.56 Å². The number of halogens is 1. The lowest BCUT2D eigenvalue weighted by molar-refractivity contribution is 1.05. The van der Waals surface area contributed by atoms with Gasteiger partial charge in [0.05, 0.1) is 10.7 Å². The Labute approximate surface area is 114 Å². The number of anilines is 1. The summed E-state index contributed by atoms with van der Waals surface area (Å²) in [5.74, 6) is 0.133. The molecule has 0 radical (unpaired) electrons. The van der Waals surface area contributed by atoms with Crippen LogP contribution >= 0.6 is 23.4 Å². The summed E-state index contributed by atoms with van der Waals surface area (Å²) in [6.07, 6.45) is 1.83. The highest BCUT2D eigenvalue weighted by atomic mass is 35.5. The Bertz CT molecular complexity index is 636. The van der Waals surface area contributed by atoms with Crippen molar-refractivity contribution in [1.29, 1.82) is 5.26 Å². The zero-order valence-electron chi connectivity index (χ0n) is 9.51. The highest BCUT2D eigenvalue weighted by Crippen LogP contribution is 2.32. The number of benzene rings is 1. The molecular formula is C12H9ClN4S. The van der Waals surface area contributed by atoms with Crippen LogP contribution in [-0.2, 0) is 0 Å². The van der Waals surface area contributed by atoms with Crippen LogP contribution < -0.4 is 5.73 Å². The predicted molar refractivity (Wildman–Crippen MR) is 73.4 cm³/mol. The quantitative estimate of drug-likeness (QED) is 0.674. The summed E-state index contributed by atoms with van der Waals surface area (Å²) in [7, 11) is 0. The van der Waals surface area contributed by atoms with E-state index in [1.165, 1.54) is 11.8 Å². The topological polar surface area (TPSA) is 75.6 Å². The van der Waals surface area contributed by atoms with Crippen molar-refractivity contribution in [3.8, 4) is 17.3 Å². The molecule has 18 heavy (non-hydrogen) atoms. The molecule has 0 saturated carbocycles. The first-order chi connectivity index (χ1) is 8.67. The number of thioether (sulfide) groups is 1. The number of nitrogen functional groups attached to an aromatic ring is 1. The van der Waals surface area contributed by atoms with Crippen molar-refractivity contribution in [2.45, 2.75) is 5.03 Å². The highest BCUT2D eigenvalue weighted by molar-refractivity contribution is 7.98. The Balaban J connectivity index is 2.76. The number of nitriles is 1. The third kappa shape index (κ3) is 2.26. The SMILES string of the molecule is CSc1nc(N)nc(-c2ccccc2Cl)c1C#N. The maximum Gasteiger partial charge on any atom is 0.221 e. The Morgan fingerprint density at radius 3 is 2.67 bits per heavy atom. The average Bonchev–Trinajstić information content (AvgIpc) is 2.38. The molecule has 0 amide bonds. The van der Waals surface area contributed by atoms with Crippen LogP contribution in [0.25, 0.3) is 11.3 Å². The fraction of sp³-hybridized carbons (Fsp3) is 0.0833. The van der Waals surface area contributed by atoms with Crippen molar-refractivity contribution in [3.63, 3.8) is 0 Å². The second-order valence-corrected chi connectivity index (χ2v) is 4.61. The number of nitrogens with two attached hydrogens (primary N) is 1. The first kappa shape index (κ1) is 12.7. The van der Waals surface area contributed by atoms with E-state index in [9.17, 15) is 5.26 Å². The first-order valence-corrected chi connectivity index (χ1v) is 6.64. The van der Waals surface area contributed by atoms with E-state index in [4.69, 9.17) is 17.3 Å². The molecule has 0 aliphatic heterocycles. The van der Waals surface area contributed by atoms with Crippen LogP contribution in [0.1, 0.15) is 5.56 Å². The van der Waals surface area contributed by atoms with E-state index >= 15 is 0 Å². The molecule has 90 valence electrons. The molecule has 4 nitrogen and oxygen atoms in total. The highest BCUT2D eigenvalue weighted by Gasteiger charge is 2.16. The minimum atomic E-state index is 0.133. The molecule has 2 N–H and O–H groups in total. The van der Waals surface area contributed by atoms with Crippen LogP contribution in [0, 0.1) is 11.3 Å². The number of rotatable bonds is 2. The molecule has 0 atom stereocenters. The smallest absolute Gasteiger partial charge is 0.221 e. The van der Waals surface area contributed by atoms with Gasteiger partial charge in [-0.2, -0.15) is 5.26 Å². The Hall–Kier alpha value is -1.77. The zero-order chi connectivity index (χ0) is 13.1. The molecule has 0 saturated heterocycles. The predicted octanol–water partition coefficient (Wildman–Crippen LogP) is 2.97.